The summed E-state index contributed by atoms with van der Waals surface area (Å²) in [5.41, 5.74) is 1.65. The Hall–Kier alpha value is -3.68. The molecule has 0 aliphatic heterocycles. The minimum absolute atomic E-state index is 0.00769. The number of rotatable bonds is 5. The maximum absolute atomic E-state index is 13.5. The van der Waals surface area contributed by atoms with Crippen molar-refractivity contribution in [3.05, 3.63) is 83.7 Å². The fourth-order valence-electron chi connectivity index (χ4n) is 3.31. The van der Waals surface area contributed by atoms with Crippen LogP contribution in [0, 0.1) is 0 Å². The molecular formula is C22H17F3N4O. The van der Waals surface area contributed by atoms with Crippen LogP contribution in [0.15, 0.2) is 67.0 Å². The highest BCUT2D eigenvalue weighted by Gasteiger charge is 2.34. The van der Waals surface area contributed by atoms with Gasteiger partial charge in [-0.2, -0.15) is 23.4 Å². The van der Waals surface area contributed by atoms with Gasteiger partial charge in [-0.05, 0) is 23.8 Å². The van der Waals surface area contributed by atoms with Crippen molar-refractivity contribution in [1.82, 2.24) is 20.0 Å². The quantitative estimate of drug-likeness (QED) is 0.475. The molecule has 0 aliphatic rings. The summed E-state index contributed by atoms with van der Waals surface area (Å²) in [5, 5.41) is 11.0. The Kier molecular flexibility index (Phi) is 4.99. The van der Waals surface area contributed by atoms with Crippen LogP contribution < -0.4 is 0 Å². The van der Waals surface area contributed by atoms with E-state index in [9.17, 15) is 18.0 Å². The van der Waals surface area contributed by atoms with E-state index in [0.29, 0.717) is 11.3 Å². The molecule has 2 aromatic heterocycles. The van der Waals surface area contributed by atoms with Crippen molar-refractivity contribution in [2.45, 2.75) is 12.6 Å². The summed E-state index contributed by atoms with van der Waals surface area (Å²) in [5.74, 6) is -0.306. The average Bonchev–Trinajstić information content (AvgIpc) is 3.36. The smallest absolute Gasteiger partial charge is 0.294 e. The number of ketones is 1. The van der Waals surface area contributed by atoms with Crippen LogP contribution in [0.25, 0.3) is 22.5 Å². The second-order valence-corrected chi connectivity index (χ2v) is 6.87. The third kappa shape index (κ3) is 3.89. The third-order valence-electron chi connectivity index (χ3n) is 4.77. The first-order chi connectivity index (χ1) is 14.3. The highest BCUT2D eigenvalue weighted by atomic mass is 19.4. The lowest BCUT2D eigenvalue weighted by molar-refractivity contribution is -0.137. The highest BCUT2D eigenvalue weighted by Crippen LogP contribution is 2.37. The molecule has 4 rings (SSSR count). The molecule has 0 atom stereocenters. The van der Waals surface area contributed by atoms with Crippen molar-refractivity contribution in [2.24, 2.45) is 7.05 Å². The SMILES string of the molecule is Cn1ccc(-c2cc(C(=O)Cc3cn[nH]c3-c3ccccc3)ccc2C(F)(F)F)n1. The topological polar surface area (TPSA) is 63.6 Å². The Labute approximate surface area is 170 Å². The molecule has 5 nitrogen and oxygen atoms in total. The van der Waals surface area contributed by atoms with Gasteiger partial charge >= 0.3 is 6.18 Å². The van der Waals surface area contributed by atoms with Gasteiger partial charge in [0, 0.05) is 36.4 Å². The van der Waals surface area contributed by atoms with Gasteiger partial charge in [0.2, 0.25) is 0 Å². The first-order valence-electron chi connectivity index (χ1n) is 9.15. The number of nitrogens with zero attached hydrogens (tertiary/aromatic N) is 3. The van der Waals surface area contributed by atoms with Gasteiger partial charge in [-0.3, -0.25) is 14.6 Å². The molecule has 0 fully saturated rings. The molecule has 0 unspecified atom stereocenters. The minimum atomic E-state index is -4.56. The van der Waals surface area contributed by atoms with Gasteiger partial charge in [-0.1, -0.05) is 36.4 Å². The van der Waals surface area contributed by atoms with E-state index in [1.807, 2.05) is 30.3 Å². The molecule has 2 aromatic carbocycles. The number of carbonyl (C=O) groups is 1. The largest absolute Gasteiger partial charge is 0.417 e. The second kappa shape index (κ2) is 7.62. The second-order valence-electron chi connectivity index (χ2n) is 6.87. The van der Waals surface area contributed by atoms with Crippen molar-refractivity contribution >= 4 is 5.78 Å². The van der Waals surface area contributed by atoms with Gasteiger partial charge in [0.25, 0.3) is 0 Å². The van der Waals surface area contributed by atoms with Crippen LogP contribution in [-0.4, -0.2) is 25.8 Å². The fourth-order valence-corrected chi connectivity index (χ4v) is 3.31. The van der Waals surface area contributed by atoms with E-state index in [1.165, 1.54) is 22.9 Å². The maximum Gasteiger partial charge on any atom is 0.417 e. The number of halogens is 3. The predicted molar refractivity (Wildman–Crippen MR) is 106 cm³/mol. The zero-order valence-electron chi connectivity index (χ0n) is 15.9. The molecule has 0 saturated carbocycles. The van der Waals surface area contributed by atoms with E-state index >= 15 is 0 Å². The first kappa shape index (κ1) is 19.6. The van der Waals surface area contributed by atoms with Crippen molar-refractivity contribution < 1.29 is 18.0 Å². The van der Waals surface area contributed by atoms with E-state index in [2.05, 4.69) is 15.3 Å². The van der Waals surface area contributed by atoms with E-state index in [1.54, 1.807) is 19.4 Å². The summed E-state index contributed by atoms with van der Waals surface area (Å²) >= 11 is 0. The van der Waals surface area contributed by atoms with Crippen LogP contribution in [0.4, 0.5) is 13.2 Å². The molecule has 30 heavy (non-hydrogen) atoms. The zero-order chi connectivity index (χ0) is 21.3. The summed E-state index contributed by atoms with van der Waals surface area (Å²) in [6.07, 6.45) is -1.43. The molecule has 8 heteroatoms. The van der Waals surface area contributed by atoms with E-state index in [-0.39, 0.29) is 29.0 Å². The Balaban J connectivity index is 1.69. The molecule has 0 amide bonds. The van der Waals surface area contributed by atoms with Gasteiger partial charge < -0.3 is 0 Å². The number of carbonyl (C=O) groups excluding carboxylic acids is 1. The normalized spacial score (nSPS) is 11.6. The molecule has 1 N–H and O–H groups in total. The lowest BCUT2D eigenvalue weighted by atomic mass is 9.96. The van der Waals surface area contributed by atoms with Crippen molar-refractivity contribution in [3.63, 3.8) is 0 Å². The summed E-state index contributed by atoms with van der Waals surface area (Å²) in [7, 11) is 1.62. The van der Waals surface area contributed by atoms with Gasteiger partial charge in [0.1, 0.15) is 0 Å². The number of benzene rings is 2. The fraction of sp³-hybridized carbons (Fsp3) is 0.136. The maximum atomic E-state index is 13.5. The lowest BCUT2D eigenvalue weighted by Gasteiger charge is -2.13. The van der Waals surface area contributed by atoms with Crippen LogP contribution in [0.1, 0.15) is 21.5 Å². The molecule has 152 valence electrons. The average molecular weight is 410 g/mol. The number of alkyl halides is 3. The summed E-state index contributed by atoms with van der Waals surface area (Å²) in [6.45, 7) is 0. The molecule has 0 spiro atoms. The number of hydrogen-bond donors (Lipinski definition) is 1. The third-order valence-corrected chi connectivity index (χ3v) is 4.77. The van der Waals surface area contributed by atoms with Crippen LogP contribution >= 0.6 is 0 Å². The Morgan fingerprint density at radius 3 is 2.53 bits per heavy atom. The van der Waals surface area contributed by atoms with Crippen LogP contribution in [-0.2, 0) is 19.6 Å². The predicted octanol–water partition coefficient (Wildman–Crippen LogP) is 4.92. The van der Waals surface area contributed by atoms with Crippen LogP contribution in [0.3, 0.4) is 0 Å². The first-order valence-corrected chi connectivity index (χ1v) is 9.15. The number of nitrogens with one attached hydrogen (secondary N) is 1. The van der Waals surface area contributed by atoms with Gasteiger partial charge in [-0.25, -0.2) is 0 Å². The van der Waals surface area contributed by atoms with Gasteiger partial charge in [0.15, 0.2) is 5.78 Å². The minimum Gasteiger partial charge on any atom is -0.294 e. The number of aromatic amines is 1. The summed E-state index contributed by atoms with van der Waals surface area (Å²) in [4.78, 5) is 12.9. The Morgan fingerprint density at radius 2 is 1.87 bits per heavy atom. The lowest BCUT2D eigenvalue weighted by Crippen LogP contribution is -2.10. The summed E-state index contributed by atoms with van der Waals surface area (Å²) in [6, 6.07) is 14.3. The number of aryl methyl sites for hydroxylation is 1. The molecular weight excluding hydrogens is 393 g/mol. The van der Waals surface area contributed by atoms with Crippen LogP contribution in [0.5, 0.6) is 0 Å². The Bertz CT molecular complexity index is 1190. The van der Waals surface area contributed by atoms with Crippen LogP contribution in [0.2, 0.25) is 0 Å². The number of aromatic nitrogens is 4. The molecule has 0 saturated heterocycles. The molecule has 0 aliphatic carbocycles. The number of hydrogen-bond acceptors (Lipinski definition) is 3. The summed E-state index contributed by atoms with van der Waals surface area (Å²) < 4.78 is 41.9. The Morgan fingerprint density at radius 1 is 1.10 bits per heavy atom. The molecule has 0 bridgehead atoms. The van der Waals surface area contributed by atoms with Crippen molar-refractivity contribution in [1.29, 1.82) is 0 Å². The molecule has 4 aromatic rings. The van der Waals surface area contributed by atoms with Gasteiger partial charge in [0.05, 0.1) is 23.1 Å². The zero-order valence-corrected chi connectivity index (χ0v) is 15.9. The molecule has 0 radical (unpaired) electrons. The molecule has 2 heterocycles. The van der Waals surface area contributed by atoms with Crippen molar-refractivity contribution in [2.75, 3.05) is 0 Å². The van der Waals surface area contributed by atoms with E-state index in [0.717, 1.165) is 11.6 Å². The standard InChI is InChI=1S/C22H17F3N4O/c1-29-10-9-19(28-29)17-11-15(7-8-18(17)22(23,24)25)20(30)12-16-13-26-27-21(16)14-5-3-2-4-6-14/h2-11,13H,12H2,1H3,(H,26,27). The van der Waals surface area contributed by atoms with Crippen molar-refractivity contribution in [3.8, 4) is 22.5 Å². The van der Waals surface area contributed by atoms with E-state index < -0.39 is 11.7 Å². The monoisotopic (exact) mass is 410 g/mol. The van der Waals surface area contributed by atoms with Gasteiger partial charge in [-0.15, -0.1) is 0 Å². The number of Topliss-reactive ketones (excluding diaryl/α,β-unsaturated/α-hetero) is 1. The van der Waals surface area contributed by atoms with E-state index in [4.69, 9.17) is 0 Å². The number of H-pyrrole nitrogens is 1. The highest BCUT2D eigenvalue weighted by molar-refractivity contribution is 5.99.